The van der Waals surface area contributed by atoms with Gasteiger partial charge in [-0.05, 0) is 31.1 Å². The molecule has 2 rings (SSSR count). The van der Waals surface area contributed by atoms with Crippen molar-refractivity contribution in [3.8, 4) is 0 Å². The molecule has 0 N–H and O–H groups in total. The van der Waals surface area contributed by atoms with Crippen LogP contribution in [0.4, 0.5) is 0 Å². The van der Waals surface area contributed by atoms with E-state index in [1.165, 1.54) is 19.3 Å². The first-order chi connectivity index (χ1) is 4.27. The van der Waals surface area contributed by atoms with Gasteiger partial charge in [0.05, 0.1) is 0 Å². The lowest BCUT2D eigenvalue weighted by atomic mass is 10.0. The van der Waals surface area contributed by atoms with Crippen LogP contribution in [0.5, 0.6) is 0 Å². The lowest BCUT2D eigenvalue weighted by molar-refractivity contribution is 0.515. The molecule has 0 heterocycles. The number of hydrogen-bond donors (Lipinski definition) is 0. The molecule has 2 aliphatic rings. The predicted octanol–water partition coefficient (Wildman–Crippen LogP) is 2.94. The van der Waals surface area contributed by atoms with Crippen molar-refractivity contribution in [1.82, 2.24) is 0 Å². The van der Waals surface area contributed by atoms with Crippen LogP contribution in [0.15, 0.2) is 0 Å². The molecule has 2 fully saturated rings. The largest absolute Gasteiger partial charge is 0.0888 e. The van der Waals surface area contributed by atoms with Crippen molar-refractivity contribution in [1.29, 1.82) is 0 Å². The number of fused-ring (bicyclic) bond motifs is 2. The summed E-state index contributed by atoms with van der Waals surface area (Å²) in [6, 6.07) is 0. The molecule has 2 heteroatoms. The summed E-state index contributed by atoms with van der Waals surface area (Å²) in [5.74, 6) is 1.97. The lowest BCUT2D eigenvalue weighted by Crippen LogP contribution is -2.16. The smallest absolute Gasteiger partial charge is 0.0177 e. The molecular weight excluding hydrogens is 244 g/mol. The molecule has 9 heavy (non-hydrogen) atoms. The van der Waals surface area contributed by atoms with Crippen molar-refractivity contribution < 1.29 is 0 Å². The minimum atomic E-state index is 0.844. The van der Waals surface area contributed by atoms with E-state index in [4.69, 9.17) is 0 Å². The van der Waals surface area contributed by atoms with Crippen LogP contribution in [-0.2, 0) is 0 Å². The Bertz CT molecular complexity index is 106. The van der Waals surface area contributed by atoms with Crippen LogP contribution in [0.25, 0.3) is 0 Å². The maximum atomic E-state index is 3.70. The van der Waals surface area contributed by atoms with Gasteiger partial charge in [-0.15, -0.1) is 0 Å². The summed E-state index contributed by atoms with van der Waals surface area (Å²) in [7, 11) is 0. The monoisotopic (exact) mass is 252 g/mol. The molecule has 0 nitrogen and oxygen atoms in total. The molecule has 2 bridgehead atoms. The second kappa shape index (κ2) is 2.23. The summed E-state index contributed by atoms with van der Waals surface area (Å²) in [6.07, 6.45) is 4.27. The number of hydrogen-bond acceptors (Lipinski definition) is 0. The fourth-order valence-corrected chi connectivity index (χ4v) is 3.96. The average molecular weight is 254 g/mol. The minimum Gasteiger partial charge on any atom is -0.0888 e. The average Bonchev–Trinajstić information content (AvgIpc) is 2.24. The second-order valence-corrected chi connectivity index (χ2v) is 5.61. The molecular formula is C7H10Br2. The SMILES string of the molecule is BrC1CC2CC1CC2Br. The number of rotatable bonds is 0. The van der Waals surface area contributed by atoms with Gasteiger partial charge in [0.1, 0.15) is 0 Å². The molecule has 52 valence electrons. The maximum absolute atomic E-state index is 3.70. The highest BCUT2D eigenvalue weighted by Crippen LogP contribution is 2.50. The fourth-order valence-electron chi connectivity index (χ4n) is 2.14. The second-order valence-electron chi connectivity index (χ2n) is 3.26. The van der Waals surface area contributed by atoms with Crippen molar-refractivity contribution in [3.63, 3.8) is 0 Å². The molecule has 0 radical (unpaired) electrons. The first-order valence-electron chi connectivity index (χ1n) is 3.55. The molecule has 0 aromatic carbocycles. The summed E-state index contributed by atoms with van der Waals surface area (Å²) in [4.78, 5) is 1.69. The topological polar surface area (TPSA) is 0 Å². The highest BCUT2D eigenvalue weighted by molar-refractivity contribution is 9.10. The van der Waals surface area contributed by atoms with Gasteiger partial charge in [-0.2, -0.15) is 0 Å². The van der Waals surface area contributed by atoms with Gasteiger partial charge in [0.25, 0.3) is 0 Å². The van der Waals surface area contributed by atoms with Gasteiger partial charge < -0.3 is 0 Å². The van der Waals surface area contributed by atoms with Gasteiger partial charge in [-0.3, -0.25) is 0 Å². The molecule has 0 aromatic heterocycles. The van der Waals surface area contributed by atoms with Gasteiger partial charge in [0.2, 0.25) is 0 Å². The Balaban J connectivity index is 2.10. The van der Waals surface area contributed by atoms with Crippen LogP contribution < -0.4 is 0 Å². The van der Waals surface area contributed by atoms with E-state index in [0.717, 1.165) is 21.5 Å². The zero-order valence-electron chi connectivity index (χ0n) is 5.19. The van der Waals surface area contributed by atoms with Crippen LogP contribution >= 0.6 is 31.9 Å². The van der Waals surface area contributed by atoms with Crippen molar-refractivity contribution in [2.75, 3.05) is 0 Å². The molecule has 2 saturated carbocycles. The highest BCUT2D eigenvalue weighted by atomic mass is 79.9. The minimum absolute atomic E-state index is 0.844. The van der Waals surface area contributed by atoms with E-state index < -0.39 is 0 Å². The quantitative estimate of drug-likeness (QED) is 0.583. The Hall–Kier alpha value is 0.960. The third kappa shape index (κ3) is 0.988. The van der Waals surface area contributed by atoms with Crippen LogP contribution in [0.3, 0.4) is 0 Å². The van der Waals surface area contributed by atoms with E-state index in [2.05, 4.69) is 31.9 Å². The van der Waals surface area contributed by atoms with E-state index in [-0.39, 0.29) is 0 Å². The summed E-state index contributed by atoms with van der Waals surface area (Å²) in [5, 5.41) is 0. The van der Waals surface area contributed by atoms with Crippen molar-refractivity contribution in [2.45, 2.75) is 28.9 Å². The standard InChI is InChI=1S/C7H10Br2/c8-6-2-4-1-5(6)3-7(4)9/h4-7H,1-3H2. The molecule has 0 aromatic rings. The fraction of sp³-hybridized carbons (Fsp3) is 1.00. The van der Waals surface area contributed by atoms with Gasteiger partial charge in [-0.1, -0.05) is 31.9 Å². The first-order valence-corrected chi connectivity index (χ1v) is 5.38. The third-order valence-corrected chi connectivity index (χ3v) is 4.93. The van der Waals surface area contributed by atoms with Crippen molar-refractivity contribution in [3.05, 3.63) is 0 Å². The van der Waals surface area contributed by atoms with Gasteiger partial charge in [-0.25, -0.2) is 0 Å². The normalized spacial score (nSPS) is 56.7. The Kier molecular flexibility index (Phi) is 1.65. The Labute approximate surface area is 72.7 Å². The first kappa shape index (κ1) is 6.66. The Morgan fingerprint density at radius 2 is 1.22 bits per heavy atom. The maximum Gasteiger partial charge on any atom is 0.0177 e. The van der Waals surface area contributed by atoms with Crippen molar-refractivity contribution in [2.24, 2.45) is 11.8 Å². The Morgan fingerprint density at radius 1 is 0.778 bits per heavy atom. The van der Waals surface area contributed by atoms with Gasteiger partial charge in [0.15, 0.2) is 0 Å². The third-order valence-electron chi connectivity index (χ3n) is 2.68. The molecule has 2 aliphatic carbocycles. The summed E-state index contributed by atoms with van der Waals surface area (Å²) >= 11 is 7.40. The lowest BCUT2D eigenvalue weighted by Gasteiger charge is -2.19. The summed E-state index contributed by atoms with van der Waals surface area (Å²) in [6.45, 7) is 0. The van der Waals surface area contributed by atoms with Crippen LogP contribution in [0.1, 0.15) is 19.3 Å². The van der Waals surface area contributed by atoms with E-state index in [1.54, 1.807) is 0 Å². The van der Waals surface area contributed by atoms with Gasteiger partial charge in [0, 0.05) is 9.65 Å². The molecule has 0 amide bonds. The number of halogens is 2. The van der Waals surface area contributed by atoms with E-state index in [0.29, 0.717) is 0 Å². The zero-order valence-corrected chi connectivity index (χ0v) is 8.36. The van der Waals surface area contributed by atoms with E-state index in [1.807, 2.05) is 0 Å². The molecule has 4 unspecified atom stereocenters. The van der Waals surface area contributed by atoms with Gasteiger partial charge >= 0.3 is 0 Å². The van der Waals surface area contributed by atoms with Crippen LogP contribution in [0.2, 0.25) is 0 Å². The van der Waals surface area contributed by atoms with Crippen LogP contribution in [-0.4, -0.2) is 9.65 Å². The van der Waals surface area contributed by atoms with Crippen LogP contribution in [0, 0.1) is 11.8 Å². The summed E-state index contributed by atoms with van der Waals surface area (Å²) in [5.41, 5.74) is 0. The Morgan fingerprint density at radius 3 is 1.44 bits per heavy atom. The molecule has 0 spiro atoms. The predicted molar refractivity (Wildman–Crippen MR) is 46.3 cm³/mol. The zero-order chi connectivity index (χ0) is 6.43. The van der Waals surface area contributed by atoms with E-state index >= 15 is 0 Å². The summed E-state index contributed by atoms with van der Waals surface area (Å²) < 4.78 is 0. The van der Waals surface area contributed by atoms with Crippen molar-refractivity contribution >= 4 is 31.9 Å². The number of alkyl halides is 2. The molecule has 0 saturated heterocycles. The molecule has 0 aliphatic heterocycles. The highest BCUT2D eigenvalue weighted by Gasteiger charge is 2.43. The molecule has 4 atom stereocenters. The van der Waals surface area contributed by atoms with E-state index in [9.17, 15) is 0 Å².